The maximum absolute atomic E-state index is 13.5. The van der Waals surface area contributed by atoms with Crippen molar-refractivity contribution in [2.75, 3.05) is 17.5 Å². The van der Waals surface area contributed by atoms with Crippen LogP contribution in [0.1, 0.15) is 40.0 Å². The topological polar surface area (TPSA) is 130 Å². The molecular formula is C22H28ClN3O6S2. The van der Waals surface area contributed by atoms with E-state index in [2.05, 4.69) is 9.71 Å². The van der Waals surface area contributed by atoms with Crippen LogP contribution in [0.2, 0.25) is 0 Å². The molecule has 3 atom stereocenters. The average molecular weight is 530 g/mol. The molecule has 1 aromatic rings. The molecule has 1 saturated carbocycles. The Kier molecular flexibility index (Phi) is 6.14. The number of carbonyl (C=O) groups excluding carboxylic acids is 2. The van der Waals surface area contributed by atoms with Gasteiger partial charge in [0.15, 0.2) is 10.5 Å². The number of likely N-dealkylation sites (tertiary alicyclic amines) is 1. The van der Waals surface area contributed by atoms with Crippen LogP contribution in [0.15, 0.2) is 28.1 Å². The number of nitrogens with one attached hydrogen (secondary N) is 1. The Morgan fingerprint density at radius 2 is 1.85 bits per heavy atom. The molecule has 2 heterocycles. The lowest BCUT2D eigenvalue weighted by Crippen LogP contribution is -2.45. The van der Waals surface area contributed by atoms with Crippen molar-refractivity contribution in [3.63, 3.8) is 0 Å². The van der Waals surface area contributed by atoms with Gasteiger partial charge in [0, 0.05) is 12.2 Å². The fourth-order valence-electron chi connectivity index (χ4n) is 4.63. The first kappa shape index (κ1) is 25.1. The molecule has 0 spiro atoms. The molecule has 4 rings (SSSR count). The van der Waals surface area contributed by atoms with E-state index >= 15 is 0 Å². The van der Waals surface area contributed by atoms with Gasteiger partial charge in [-0.1, -0.05) is 45.2 Å². The lowest BCUT2D eigenvalue weighted by atomic mass is 9.82. The Labute approximate surface area is 204 Å². The van der Waals surface area contributed by atoms with Gasteiger partial charge >= 0.3 is 0 Å². The van der Waals surface area contributed by atoms with Gasteiger partial charge in [-0.15, -0.1) is 0 Å². The first-order valence-corrected chi connectivity index (χ1v) is 14.9. The molecule has 2 fully saturated rings. The van der Waals surface area contributed by atoms with Gasteiger partial charge in [0.25, 0.3) is 0 Å². The molecule has 186 valence electrons. The summed E-state index contributed by atoms with van der Waals surface area (Å²) in [4.78, 5) is 32.7. The smallest absolute Gasteiger partial charge is 0.239 e. The number of hydrogen-bond acceptors (Lipinski definition) is 7. The second-order valence-corrected chi connectivity index (χ2v) is 14.8. The number of sulfone groups is 1. The molecule has 1 amide bonds. The van der Waals surface area contributed by atoms with Crippen LogP contribution in [0.25, 0.3) is 0 Å². The predicted octanol–water partition coefficient (Wildman–Crippen LogP) is 2.73. The highest BCUT2D eigenvalue weighted by Gasteiger charge is 2.56. The van der Waals surface area contributed by atoms with Crippen molar-refractivity contribution < 1.29 is 26.4 Å². The summed E-state index contributed by atoms with van der Waals surface area (Å²) in [5, 5.41) is 0. The molecule has 34 heavy (non-hydrogen) atoms. The Morgan fingerprint density at radius 1 is 1.21 bits per heavy atom. The third-order valence-electron chi connectivity index (χ3n) is 6.31. The van der Waals surface area contributed by atoms with E-state index in [-0.39, 0.29) is 22.0 Å². The highest BCUT2D eigenvalue weighted by atomic mass is 35.5. The van der Waals surface area contributed by atoms with E-state index in [1.807, 2.05) is 20.8 Å². The van der Waals surface area contributed by atoms with Crippen molar-refractivity contribution in [1.29, 1.82) is 0 Å². The number of Topliss-reactive ketones (excluding diaryl/α,β-unsaturated/α-hetero) is 1. The van der Waals surface area contributed by atoms with Gasteiger partial charge in [0.1, 0.15) is 5.92 Å². The van der Waals surface area contributed by atoms with Crippen LogP contribution in [-0.4, -0.2) is 62.7 Å². The van der Waals surface area contributed by atoms with Gasteiger partial charge in [0.05, 0.1) is 28.6 Å². The zero-order chi connectivity index (χ0) is 25.2. The third kappa shape index (κ3) is 4.61. The number of alkyl halides is 1. The maximum atomic E-state index is 13.5. The van der Waals surface area contributed by atoms with E-state index in [9.17, 15) is 26.4 Å². The molecule has 1 aromatic carbocycles. The molecule has 3 aliphatic rings. The number of sulfonamides is 1. The summed E-state index contributed by atoms with van der Waals surface area (Å²) in [5.41, 5.74) is -0.698. The molecule has 0 bridgehead atoms. The van der Waals surface area contributed by atoms with E-state index < -0.39 is 53.6 Å². The standard InChI is InChI=1S/C22H28ClN3O6S2/c1-22(2,3)19-18(27)16(21(28)26(19)10-9-12-5-6-12)17-20(23)34(31,32)15-11-13(25-33(4,29)30)7-8-14(15)24-17/h7-8,11-12,16,19-20,25H,5-6,9-10H2,1-4H3/t16?,19-,20?/m1/s1. The molecule has 12 heteroatoms. The summed E-state index contributed by atoms with van der Waals surface area (Å²) in [7, 11) is -7.88. The zero-order valence-electron chi connectivity index (χ0n) is 19.4. The Bertz CT molecular complexity index is 1300. The number of fused-ring (bicyclic) bond motifs is 1. The van der Waals surface area contributed by atoms with Crippen LogP contribution in [-0.2, 0) is 29.4 Å². The van der Waals surface area contributed by atoms with E-state index in [0.717, 1.165) is 31.6 Å². The van der Waals surface area contributed by atoms with Crippen LogP contribution >= 0.6 is 11.6 Å². The average Bonchev–Trinajstić information content (AvgIpc) is 3.47. The molecule has 0 aromatic heterocycles. The summed E-state index contributed by atoms with van der Waals surface area (Å²) in [5.74, 6) is -1.68. The summed E-state index contributed by atoms with van der Waals surface area (Å²) in [6.45, 7) is 6.05. The van der Waals surface area contributed by atoms with Crippen LogP contribution in [0, 0.1) is 17.3 Å². The van der Waals surface area contributed by atoms with Gasteiger partial charge in [-0.05, 0) is 36.0 Å². The normalized spacial score (nSPS) is 26.9. The largest absolute Gasteiger partial charge is 0.331 e. The van der Waals surface area contributed by atoms with Crippen molar-refractivity contribution in [2.24, 2.45) is 22.2 Å². The minimum Gasteiger partial charge on any atom is -0.331 e. The number of nitrogens with zero attached hydrogens (tertiary/aromatic N) is 2. The minimum absolute atomic E-state index is 0.00953. The van der Waals surface area contributed by atoms with Gasteiger partial charge in [-0.25, -0.2) is 16.8 Å². The molecule has 1 aliphatic carbocycles. The molecule has 1 N–H and O–H groups in total. The number of benzene rings is 1. The fourth-order valence-corrected chi connectivity index (χ4v) is 7.07. The molecule has 9 nitrogen and oxygen atoms in total. The number of rotatable bonds is 6. The second-order valence-electron chi connectivity index (χ2n) is 10.3. The van der Waals surface area contributed by atoms with E-state index in [4.69, 9.17) is 11.6 Å². The quantitative estimate of drug-likeness (QED) is 0.445. The van der Waals surface area contributed by atoms with E-state index in [0.29, 0.717) is 12.5 Å². The zero-order valence-corrected chi connectivity index (χ0v) is 21.8. The first-order valence-electron chi connectivity index (χ1n) is 11.0. The summed E-state index contributed by atoms with van der Waals surface area (Å²) in [6, 6.07) is 3.13. The van der Waals surface area contributed by atoms with Crippen LogP contribution in [0.4, 0.5) is 11.4 Å². The first-order chi connectivity index (χ1) is 15.6. The molecule has 1 saturated heterocycles. The van der Waals surface area contributed by atoms with Gasteiger partial charge in [-0.2, -0.15) is 0 Å². The number of halogens is 1. The van der Waals surface area contributed by atoms with E-state index in [1.165, 1.54) is 12.1 Å². The van der Waals surface area contributed by atoms with Gasteiger partial charge in [-0.3, -0.25) is 19.3 Å². The Morgan fingerprint density at radius 3 is 2.41 bits per heavy atom. The SMILES string of the molecule is CC(C)(C)[C@H]1C(=O)C(C2=Nc3ccc(NS(C)(=O)=O)cc3S(=O)(=O)C2Cl)C(=O)N1CCC1CC1. The van der Waals surface area contributed by atoms with Crippen LogP contribution in [0.5, 0.6) is 0 Å². The van der Waals surface area contributed by atoms with Crippen LogP contribution < -0.4 is 4.72 Å². The molecular weight excluding hydrogens is 502 g/mol. The Hall–Kier alpha value is -1.98. The van der Waals surface area contributed by atoms with Crippen molar-refractivity contribution in [1.82, 2.24) is 4.90 Å². The van der Waals surface area contributed by atoms with E-state index in [1.54, 1.807) is 4.90 Å². The van der Waals surface area contributed by atoms with Crippen molar-refractivity contribution in [3.05, 3.63) is 18.2 Å². The summed E-state index contributed by atoms with van der Waals surface area (Å²) >= 11 is 6.37. The third-order valence-corrected chi connectivity index (χ3v) is 9.57. The minimum atomic E-state index is -4.24. The Balaban J connectivity index is 1.76. The van der Waals surface area contributed by atoms with Crippen LogP contribution in [0.3, 0.4) is 0 Å². The highest BCUT2D eigenvalue weighted by molar-refractivity contribution is 7.94. The monoisotopic (exact) mass is 529 g/mol. The number of amides is 1. The second kappa shape index (κ2) is 8.30. The maximum Gasteiger partial charge on any atom is 0.239 e. The number of aliphatic imine (C=N–C) groups is 1. The summed E-state index contributed by atoms with van der Waals surface area (Å²) < 4.78 is 50.1. The summed E-state index contributed by atoms with van der Waals surface area (Å²) in [6.07, 6.45) is 3.97. The number of anilines is 1. The van der Waals surface area contributed by atoms with Crippen molar-refractivity contribution in [2.45, 2.75) is 55.7 Å². The molecule has 0 radical (unpaired) electrons. The number of ketones is 1. The lowest BCUT2D eigenvalue weighted by Gasteiger charge is -2.33. The van der Waals surface area contributed by atoms with Gasteiger partial charge < -0.3 is 4.90 Å². The number of hydrogen-bond donors (Lipinski definition) is 1. The molecule has 2 aliphatic heterocycles. The van der Waals surface area contributed by atoms with Crippen molar-refractivity contribution >= 4 is 60.2 Å². The molecule has 2 unspecified atom stereocenters. The number of carbonyl (C=O) groups is 2. The highest BCUT2D eigenvalue weighted by Crippen LogP contribution is 2.42. The predicted molar refractivity (Wildman–Crippen MR) is 130 cm³/mol. The lowest BCUT2D eigenvalue weighted by molar-refractivity contribution is -0.131. The fraction of sp³-hybridized carbons (Fsp3) is 0.591. The van der Waals surface area contributed by atoms with Crippen molar-refractivity contribution in [3.8, 4) is 0 Å². The van der Waals surface area contributed by atoms with Gasteiger partial charge in [0.2, 0.25) is 25.8 Å².